The molecule has 2 aliphatic heterocycles. The van der Waals surface area contributed by atoms with Crippen molar-refractivity contribution in [1.82, 2.24) is 10.2 Å². The molecule has 2 aliphatic rings. The summed E-state index contributed by atoms with van der Waals surface area (Å²) in [5.74, 6) is 1.06. The largest absolute Gasteiger partial charge is 0.573 e. The van der Waals surface area contributed by atoms with Crippen molar-refractivity contribution in [2.45, 2.75) is 12.8 Å². The van der Waals surface area contributed by atoms with Crippen molar-refractivity contribution in [1.29, 1.82) is 0 Å². The molecule has 5 nitrogen and oxygen atoms in total. The van der Waals surface area contributed by atoms with Gasteiger partial charge in [-0.15, -0.1) is 25.6 Å². The fourth-order valence-corrected chi connectivity index (χ4v) is 3.24. The molecule has 0 bridgehead atoms. The molecule has 140 valence electrons. The zero-order chi connectivity index (χ0) is 17.2. The van der Waals surface area contributed by atoms with Crippen LogP contribution in [0.4, 0.5) is 13.2 Å². The molecule has 0 saturated carbocycles. The number of halogens is 4. The van der Waals surface area contributed by atoms with Crippen molar-refractivity contribution >= 4 is 18.3 Å². The van der Waals surface area contributed by atoms with Gasteiger partial charge in [0.25, 0.3) is 5.91 Å². The van der Waals surface area contributed by atoms with Gasteiger partial charge in [0.2, 0.25) is 0 Å². The van der Waals surface area contributed by atoms with Gasteiger partial charge in [-0.25, -0.2) is 0 Å². The summed E-state index contributed by atoms with van der Waals surface area (Å²) in [5.41, 5.74) is 0. The van der Waals surface area contributed by atoms with E-state index in [1.807, 2.05) is 0 Å². The Morgan fingerprint density at radius 1 is 1.16 bits per heavy atom. The summed E-state index contributed by atoms with van der Waals surface area (Å²) >= 11 is 0. The van der Waals surface area contributed by atoms with Crippen LogP contribution in [0, 0.1) is 11.8 Å². The van der Waals surface area contributed by atoms with Gasteiger partial charge in [0.05, 0.1) is 0 Å². The Hall–Kier alpha value is -1.67. The van der Waals surface area contributed by atoms with Gasteiger partial charge in [-0.1, -0.05) is 0 Å². The average molecular weight is 381 g/mol. The van der Waals surface area contributed by atoms with Gasteiger partial charge in [0.1, 0.15) is 11.5 Å². The third kappa shape index (κ3) is 5.40. The molecule has 0 aliphatic carbocycles. The summed E-state index contributed by atoms with van der Waals surface area (Å²) < 4.78 is 45.4. The van der Waals surface area contributed by atoms with Crippen LogP contribution in [0.2, 0.25) is 0 Å². The number of likely N-dealkylation sites (tertiary alicyclic amines) is 1. The molecular formula is C16H20ClF3N2O3. The zero-order valence-corrected chi connectivity index (χ0v) is 14.2. The summed E-state index contributed by atoms with van der Waals surface area (Å²) in [7, 11) is 0. The Kier molecular flexibility index (Phi) is 6.40. The van der Waals surface area contributed by atoms with Gasteiger partial charge < -0.3 is 19.7 Å². The van der Waals surface area contributed by atoms with Crippen LogP contribution in [0.15, 0.2) is 24.3 Å². The van der Waals surface area contributed by atoms with Gasteiger partial charge in [0.15, 0.2) is 6.61 Å². The maximum absolute atomic E-state index is 12.2. The molecule has 25 heavy (non-hydrogen) atoms. The molecule has 1 amide bonds. The molecule has 0 radical (unpaired) electrons. The number of fused-ring (bicyclic) bond motifs is 1. The molecule has 0 aromatic heterocycles. The lowest BCUT2D eigenvalue weighted by atomic mass is 9.89. The number of alkyl halides is 3. The van der Waals surface area contributed by atoms with E-state index in [0.29, 0.717) is 17.6 Å². The first-order valence-corrected chi connectivity index (χ1v) is 7.88. The van der Waals surface area contributed by atoms with Gasteiger partial charge in [-0.3, -0.25) is 4.79 Å². The van der Waals surface area contributed by atoms with Crippen LogP contribution >= 0.6 is 12.4 Å². The quantitative estimate of drug-likeness (QED) is 0.871. The minimum absolute atomic E-state index is 0. The molecule has 2 heterocycles. The predicted octanol–water partition coefficient (Wildman–Crippen LogP) is 2.45. The summed E-state index contributed by atoms with van der Waals surface area (Å²) in [5, 5.41) is 3.34. The maximum atomic E-state index is 12.2. The minimum Gasteiger partial charge on any atom is -0.484 e. The molecule has 0 spiro atoms. The van der Waals surface area contributed by atoms with Crippen LogP contribution in [0.25, 0.3) is 0 Å². The van der Waals surface area contributed by atoms with E-state index in [4.69, 9.17) is 4.74 Å². The Balaban J connectivity index is 0.00000225. The number of nitrogens with zero attached hydrogens (tertiary/aromatic N) is 1. The van der Waals surface area contributed by atoms with E-state index in [1.165, 1.54) is 12.1 Å². The highest BCUT2D eigenvalue weighted by Gasteiger charge is 2.34. The third-order valence-electron chi connectivity index (χ3n) is 4.48. The van der Waals surface area contributed by atoms with Crippen LogP contribution < -0.4 is 14.8 Å². The normalized spacial score (nSPS) is 22.8. The molecule has 1 aromatic carbocycles. The molecule has 2 saturated heterocycles. The third-order valence-corrected chi connectivity index (χ3v) is 4.48. The number of nitrogens with one attached hydrogen (secondary N) is 1. The number of ether oxygens (including phenoxy) is 2. The number of rotatable bonds is 4. The van der Waals surface area contributed by atoms with Crippen molar-refractivity contribution in [2.75, 3.05) is 32.8 Å². The number of carbonyl (C=O) groups excluding carboxylic acids is 1. The van der Waals surface area contributed by atoms with Gasteiger partial charge in [-0.05, 0) is 55.6 Å². The Labute approximate surface area is 149 Å². The van der Waals surface area contributed by atoms with Gasteiger partial charge in [-0.2, -0.15) is 0 Å². The molecule has 9 heteroatoms. The average Bonchev–Trinajstić information content (AvgIpc) is 3.00. The lowest BCUT2D eigenvalue weighted by Crippen LogP contribution is -2.45. The highest BCUT2D eigenvalue weighted by molar-refractivity contribution is 5.85. The van der Waals surface area contributed by atoms with E-state index in [-0.39, 0.29) is 30.7 Å². The smallest absolute Gasteiger partial charge is 0.484 e. The monoisotopic (exact) mass is 380 g/mol. The van der Waals surface area contributed by atoms with Crippen molar-refractivity contribution < 1.29 is 27.4 Å². The molecular weight excluding hydrogens is 361 g/mol. The van der Waals surface area contributed by atoms with E-state index in [2.05, 4.69) is 10.1 Å². The summed E-state index contributed by atoms with van der Waals surface area (Å²) in [6.07, 6.45) is -3.73. The highest BCUT2D eigenvalue weighted by Crippen LogP contribution is 2.27. The molecule has 2 atom stereocenters. The van der Waals surface area contributed by atoms with Crippen LogP contribution in [-0.2, 0) is 4.79 Å². The standard InChI is InChI=1S/C16H19F3N2O3.ClH/c17-16(18,19)24-14-3-1-13(2-4-14)23-10-15(22)21-6-5-11-7-20-8-12(11)9-21;/h1-4,11-12,20H,5-10H2;1H/t11-,12+;/m1./s1. The molecule has 1 N–H and O–H groups in total. The molecule has 2 fully saturated rings. The van der Waals surface area contributed by atoms with E-state index in [0.717, 1.165) is 44.7 Å². The first kappa shape index (κ1) is 19.7. The SMILES string of the molecule is Cl.O=C(COc1ccc(OC(F)(F)F)cc1)N1CC[C@@H]2CNC[C@H]2C1. The van der Waals surface area contributed by atoms with Crippen LogP contribution in [0.3, 0.4) is 0 Å². The zero-order valence-electron chi connectivity index (χ0n) is 13.4. The van der Waals surface area contributed by atoms with E-state index in [9.17, 15) is 18.0 Å². The van der Waals surface area contributed by atoms with Crippen molar-refractivity contribution in [2.24, 2.45) is 11.8 Å². The van der Waals surface area contributed by atoms with Crippen LogP contribution in [0.1, 0.15) is 6.42 Å². The number of carbonyl (C=O) groups is 1. The van der Waals surface area contributed by atoms with Crippen LogP contribution in [-0.4, -0.2) is 50.0 Å². The number of piperidine rings is 1. The van der Waals surface area contributed by atoms with Crippen molar-refractivity contribution in [3.05, 3.63) is 24.3 Å². The maximum Gasteiger partial charge on any atom is 0.573 e. The Bertz CT molecular complexity index is 583. The topological polar surface area (TPSA) is 50.8 Å². The summed E-state index contributed by atoms with van der Waals surface area (Å²) in [4.78, 5) is 14.0. The van der Waals surface area contributed by atoms with E-state index >= 15 is 0 Å². The van der Waals surface area contributed by atoms with Crippen LogP contribution in [0.5, 0.6) is 11.5 Å². The minimum atomic E-state index is -4.72. The first-order chi connectivity index (χ1) is 11.4. The fourth-order valence-electron chi connectivity index (χ4n) is 3.24. The number of amides is 1. The Morgan fingerprint density at radius 2 is 1.80 bits per heavy atom. The first-order valence-electron chi connectivity index (χ1n) is 7.88. The number of hydrogen-bond donors (Lipinski definition) is 1. The highest BCUT2D eigenvalue weighted by atomic mass is 35.5. The lowest BCUT2D eigenvalue weighted by molar-refractivity contribution is -0.274. The van der Waals surface area contributed by atoms with Crippen molar-refractivity contribution in [3.8, 4) is 11.5 Å². The summed E-state index contributed by atoms with van der Waals surface area (Å²) in [6, 6.07) is 5.01. The van der Waals surface area contributed by atoms with E-state index < -0.39 is 6.36 Å². The predicted molar refractivity (Wildman–Crippen MR) is 86.9 cm³/mol. The number of benzene rings is 1. The second-order valence-corrected chi connectivity index (χ2v) is 6.11. The van der Waals surface area contributed by atoms with Gasteiger partial charge >= 0.3 is 6.36 Å². The Morgan fingerprint density at radius 3 is 2.48 bits per heavy atom. The second kappa shape index (κ2) is 8.14. The van der Waals surface area contributed by atoms with E-state index in [1.54, 1.807) is 4.90 Å². The molecule has 3 rings (SSSR count). The summed E-state index contributed by atoms with van der Waals surface area (Å²) in [6.45, 7) is 3.30. The second-order valence-electron chi connectivity index (χ2n) is 6.11. The van der Waals surface area contributed by atoms with Crippen molar-refractivity contribution in [3.63, 3.8) is 0 Å². The molecule has 1 aromatic rings. The lowest BCUT2D eigenvalue weighted by Gasteiger charge is -2.34. The van der Waals surface area contributed by atoms with Gasteiger partial charge in [0, 0.05) is 13.1 Å². The number of hydrogen-bond acceptors (Lipinski definition) is 4. The fraction of sp³-hybridized carbons (Fsp3) is 0.562. The molecule has 0 unspecified atom stereocenters.